The zero-order valence-corrected chi connectivity index (χ0v) is 9.29. The van der Waals surface area contributed by atoms with E-state index in [4.69, 9.17) is 5.26 Å². The quantitative estimate of drug-likeness (QED) is 0.771. The van der Waals surface area contributed by atoms with Gasteiger partial charge in [0, 0.05) is 17.1 Å². The van der Waals surface area contributed by atoms with Gasteiger partial charge in [-0.2, -0.15) is 5.26 Å². The second-order valence-electron chi connectivity index (χ2n) is 4.00. The maximum atomic E-state index is 8.87. The fraction of sp³-hybridized carbons (Fsp3) is 0.286. The Morgan fingerprint density at radius 2 is 2.19 bits per heavy atom. The van der Waals surface area contributed by atoms with Crippen LogP contribution >= 0.6 is 0 Å². The van der Waals surface area contributed by atoms with Crippen LogP contribution in [-0.4, -0.2) is 4.98 Å². The lowest BCUT2D eigenvalue weighted by atomic mass is 10.0. The van der Waals surface area contributed by atoms with Crippen LogP contribution < -0.4 is 0 Å². The molecule has 2 aromatic rings. The first kappa shape index (κ1) is 10.8. The third-order valence-electron chi connectivity index (χ3n) is 2.84. The highest BCUT2D eigenvalue weighted by molar-refractivity contribution is 5.84. The number of nitrogens with one attached hydrogen (secondary N) is 1. The molecule has 0 bridgehead atoms. The first-order valence-corrected chi connectivity index (χ1v) is 5.64. The molecule has 0 saturated heterocycles. The molecule has 0 saturated carbocycles. The Labute approximate surface area is 95.9 Å². The van der Waals surface area contributed by atoms with E-state index in [1.165, 1.54) is 10.9 Å². The minimum atomic E-state index is 0.727. The smallest absolute Gasteiger partial charge is 0.0991 e. The van der Waals surface area contributed by atoms with Crippen molar-refractivity contribution in [2.24, 2.45) is 0 Å². The lowest BCUT2D eigenvalue weighted by Gasteiger charge is -1.98. The summed E-state index contributed by atoms with van der Waals surface area (Å²) >= 11 is 0. The molecule has 0 fully saturated rings. The van der Waals surface area contributed by atoms with Crippen LogP contribution in [0.4, 0.5) is 0 Å². The topological polar surface area (TPSA) is 39.6 Å². The lowest BCUT2D eigenvalue weighted by Crippen LogP contribution is -1.83. The van der Waals surface area contributed by atoms with Crippen LogP contribution in [0.25, 0.3) is 10.9 Å². The summed E-state index contributed by atoms with van der Waals surface area (Å²) in [5, 5.41) is 10.1. The van der Waals surface area contributed by atoms with Gasteiger partial charge in [-0.1, -0.05) is 19.8 Å². The second kappa shape index (κ2) is 4.85. The van der Waals surface area contributed by atoms with E-state index in [1.807, 2.05) is 18.2 Å². The second-order valence-corrected chi connectivity index (χ2v) is 4.00. The fourth-order valence-electron chi connectivity index (χ4n) is 1.95. The number of aryl methyl sites for hydroxylation is 1. The van der Waals surface area contributed by atoms with Gasteiger partial charge in [0.15, 0.2) is 0 Å². The average Bonchev–Trinajstić information content (AvgIpc) is 2.72. The van der Waals surface area contributed by atoms with Crippen LogP contribution in [0.1, 0.15) is 30.4 Å². The first-order chi connectivity index (χ1) is 7.85. The summed E-state index contributed by atoms with van der Waals surface area (Å²) in [6.07, 6.45) is 6.42. The van der Waals surface area contributed by atoms with Crippen molar-refractivity contribution in [2.45, 2.75) is 25.7 Å². The summed E-state index contributed by atoms with van der Waals surface area (Å²) < 4.78 is 0. The van der Waals surface area contributed by atoms with Crippen molar-refractivity contribution in [1.29, 1.82) is 5.26 Å². The van der Waals surface area contributed by atoms with Crippen LogP contribution in [0.5, 0.6) is 0 Å². The van der Waals surface area contributed by atoms with Crippen LogP contribution in [0.3, 0.4) is 0 Å². The molecule has 2 nitrogen and oxygen atoms in total. The average molecular weight is 211 g/mol. The summed E-state index contributed by atoms with van der Waals surface area (Å²) in [6.45, 7) is 3.84. The van der Waals surface area contributed by atoms with Crippen molar-refractivity contribution in [3.05, 3.63) is 42.4 Å². The molecule has 1 heterocycles. The molecule has 1 N–H and O–H groups in total. The summed E-state index contributed by atoms with van der Waals surface area (Å²) in [5.41, 5.74) is 3.15. The first-order valence-electron chi connectivity index (χ1n) is 5.64. The van der Waals surface area contributed by atoms with Crippen molar-refractivity contribution < 1.29 is 0 Å². The third kappa shape index (κ3) is 2.09. The molecule has 0 aliphatic carbocycles. The number of fused-ring (bicyclic) bond motifs is 1. The Balaban J connectivity index is 2.28. The number of benzene rings is 1. The summed E-state index contributed by atoms with van der Waals surface area (Å²) in [4.78, 5) is 3.24. The number of hydrogen-bond acceptors (Lipinski definition) is 1. The van der Waals surface area contributed by atoms with Gasteiger partial charge in [-0.05, 0) is 36.6 Å². The van der Waals surface area contributed by atoms with Gasteiger partial charge in [0.25, 0.3) is 0 Å². The van der Waals surface area contributed by atoms with Gasteiger partial charge in [-0.25, -0.2) is 0 Å². The molecular formula is C14H15N2. The van der Waals surface area contributed by atoms with E-state index < -0.39 is 0 Å². The number of aromatic nitrogens is 1. The number of unbranched alkanes of at least 4 members (excludes halogenated alkanes) is 2. The van der Waals surface area contributed by atoms with Crippen molar-refractivity contribution in [2.75, 3.05) is 0 Å². The summed E-state index contributed by atoms with van der Waals surface area (Å²) in [6, 6.07) is 7.96. The molecule has 1 radical (unpaired) electrons. The zero-order chi connectivity index (χ0) is 11.4. The standard InChI is InChI=1S/C14H15N2/c1-2-3-4-5-12-10-16-14-7-6-11(9-15)8-13(12)14/h6-8,10,16H,1-5H2. The van der Waals surface area contributed by atoms with Gasteiger partial charge in [0.05, 0.1) is 11.6 Å². The SMILES string of the molecule is [CH2]CCCCc1c[nH]c2ccc(C#N)cc12. The minimum Gasteiger partial charge on any atom is -0.361 e. The monoisotopic (exact) mass is 211 g/mol. The van der Waals surface area contributed by atoms with Gasteiger partial charge in [-0.15, -0.1) is 0 Å². The Kier molecular flexibility index (Phi) is 3.26. The minimum absolute atomic E-state index is 0.727. The summed E-state index contributed by atoms with van der Waals surface area (Å²) in [7, 11) is 0. The van der Waals surface area contributed by atoms with Gasteiger partial charge >= 0.3 is 0 Å². The van der Waals surface area contributed by atoms with E-state index in [2.05, 4.69) is 24.2 Å². The number of hydrogen-bond donors (Lipinski definition) is 1. The molecule has 1 aromatic heterocycles. The maximum Gasteiger partial charge on any atom is 0.0991 e. The maximum absolute atomic E-state index is 8.87. The van der Waals surface area contributed by atoms with Gasteiger partial charge < -0.3 is 4.98 Å². The molecule has 0 amide bonds. The van der Waals surface area contributed by atoms with Crippen LogP contribution in [-0.2, 0) is 6.42 Å². The molecule has 2 rings (SSSR count). The van der Waals surface area contributed by atoms with E-state index in [-0.39, 0.29) is 0 Å². The van der Waals surface area contributed by atoms with Crippen LogP contribution in [0.15, 0.2) is 24.4 Å². The number of nitrogens with zero attached hydrogens (tertiary/aromatic N) is 1. The van der Waals surface area contributed by atoms with Gasteiger partial charge in [0.2, 0.25) is 0 Å². The molecule has 0 atom stereocenters. The van der Waals surface area contributed by atoms with Crippen molar-refractivity contribution in [1.82, 2.24) is 4.98 Å². The highest BCUT2D eigenvalue weighted by Crippen LogP contribution is 2.21. The third-order valence-corrected chi connectivity index (χ3v) is 2.84. The van der Waals surface area contributed by atoms with Crippen molar-refractivity contribution >= 4 is 10.9 Å². The van der Waals surface area contributed by atoms with Crippen LogP contribution in [0.2, 0.25) is 0 Å². The highest BCUT2D eigenvalue weighted by Gasteiger charge is 2.04. The predicted octanol–water partition coefficient (Wildman–Crippen LogP) is 3.59. The van der Waals surface area contributed by atoms with Crippen molar-refractivity contribution in [3.8, 4) is 6.07 Å². The normalized spacial score (nSPS) is 10.5. The lowest BCUT2D eigenvalue weighted by molar-refractivity contribution is 0.749. The molecule has 2 heteroatoms. The van der Waals surface area contributed by atoms with E-state index >= 15 is 0 Å². The molecule has 81 valence electrons. The van der Waals surface area contributed by atoms with Gasteiger partial charge in [-0.3, -0.25) is 0 Å². The predicted molar refractivity (Wildman–Crippen MR) is 65.9 cm³/mol. The number of aromatic amines is 1. The Bertz CT molecular complexity index is 517. The highest BCUT2D eigenvalue weighted by atomic mass is 14.7. The van der Waals surface area contributed by atoms with Crippen LogP contribution in [0, 0.1) is 18.3 Å². The fourth-order valence-corrected chi connectivity index (χ4v) is 1.95. The molecule has 16 heavy (non-hydrogen) atoms. The number of rotatable bonds is 4. The molecule has 0 unspecified atom stereocenters. The van der Waals surface area contributed by atoms with E-state index in [1.54, 1.807) is 0 Å². The van der Waals surface area contributed by atoms with E-state index in [0.717, 1.165) is 36.8 Å². The van der Waals surface area contributed by atoms with Crippen molar-refractivity contribution in [3.63, 3.8) is 0 Å². The van der Waals surface area contributed by atoms with Gasteiger partial charge in [0.1, 0.15) is 0 Å². The Morgan fingerprint density at radius 3 is 2.94 bits per heavy atom. The zero-order valence-electron chi connectivity index (χ0n) is 9.29. The molecular weight excluding hydrogens is 196 g/mol. The number of H-pyrrole nitrogens is 1. The Hall–Kier alpha value is -1.75. The van der Waals surface area contributed by atoms with E-state index in [9.17, 15) is 0 Å². The number of nitriles is 1. The largest absolute Gasteiger partial charge is 0.361 e. The molecule has 0 spiro atoms. The molecule has 1 aromatic carbocycles. The Morgan fingerprint density at radius 1 is 1.31 bits per heavy atom. The molecule has 0 aliphatic heterocycles. The summed E-state index contributed by atoms with van der Waals surface area (Å²) in [5.74, 6) is 0. The molecule has 0 aliphatic rings. The van der Waals surface area contributed by atoms with E-state index in [0.29, 0.717) is 0 Å².